The van der Waals surface area contributed by atoms with E-state index in [4.69, 9.17) is 9.47 Å². The number of carbonyl (C=O) groups is 1. The lowest BCUT2D eigenvalue weighted by atomic mass is 10.1. The van der Waals surface area contributed by atoms with Crippen LogP contribution in [0, 0.1) is 5.92 Å². The summed E-state index contributed by atoms with van der Waals surface area (Å²) >= 11 is 0. The van der Waals surface area contributed by atoms with Crippen molar-refractivity contribution >= 4 is 17.3 Å². The highest BCUT2D eigenvalue weighted by molar-refractivity contribution is 5.94. The SMILES string of the molecule is CC(C)CCOc1ccc(NC(=O)CNc2ccccc2OCc2ccccc2)cc1. The van der Waals surface area contributed by atoms with Gasteiger partial charge >= 0.3 is 0 Å². The molecule has 0 aromatic heterocycles. The van der Waals surface area contributed by atoms with E-state index in [-0.39, 0.29) is 12.5 Å². The lowest BCUT2D eigenvalue weighted by Crippen LogP contribution is -2.22. The van der Waals surface area contributed by atoms with Crippen molar-refractivity contribution in [1.29, 1.82) is 0 Å². The zero-order valence-electron chi connectivity index (χ0n) is 18.1. The van der Waals surface area contributed by atoms with Gasteiger partial charge in [-0.15, -0.1) is 0 Å². The molecule has 0 spiro atoms. The van der Waals surface area contributed by atoms with Crippen LogP contribution in [0.4, 0.5) is 11.4 Å². The Kier molecular flexibility index (Phi) is 8.35. The second-order valence-electron chi connectivity index (χ2n) is 7.73. The number of hydrogen-bond donors (Lipinski definition) is 2. The van der Waals surface area contributed by atoms with Crippen LogP contribution in [0.5, 0.6) is 11.5 Å². The van der Waals surface area contributed by atoms with Crippen LogP contribution in [0.15, 0.2) is 78.9 Å². The van der Waals surface area contributed by atoms with Crippen molar-refractivity contribution in [1.82, 2.24) is 0 Å². The van der Waals surface area contributed by atoms with Crippen LogP contribution < -0.4 is 20.1 Å². The fourth-order valence-electron chi connectivity index (χ4n) is 2.90. The molecule has 1 amide bonds. The normalized spacial score (nSPS) is 10.5. The van der Waals surface area contributed by atoms with Crippen LogP contribution in [0.2, 0.25) is 0 Å². The van der Waals surface area contributed by atoms with Gasteiger partial charge in [0.15, 0.2) is 0 Å². The summed E-state index contributed by atoms with van der Waals surface area (Å²) in [5, 5.41) is 6.05. The van der Waals surface area contributed by atoms with Gasteiger partial charge in [0, 0.05) is 5.69 Å². The van der Waals surface area contributed by atoms with Gasteiger partial charge in [-0.25, -0.2) is 0 Å². The first-order valence-electron chi connectivity index (χ1n) is 10.6. The molecule has 5 heteroatoms. The van der Waals surface area contributed by atoms with E-state index >= 15 is 0 Å². The Morgan fingerprint density at radius 3 is 2.32 bits per heavy atom. The smallest absolute Gasteiger partial charge is 0.243 e. The summed E-state index contributed by atoms with van der Waals surface area (Å²) in [7, 11) is 0. The minimum absolute atomic E-state index is 0.133. The molecule has 0 saturated carbocycles. The fourth-order valence-corrected chi connectivity index (χ4v) is 2.90. The van der Waals surface area contributed by atoms with Crippen LogP contribution in [0.1, 0.15) is 25.8 Å². The minimum Gasteiger partial charge on any atom is -0.494 e. The Morgan fingerprint density at radius 2 is 1.58 bits per heavy atom. The number of hydrogen-bond acceptors (Lipinski definition) is 4. The molecule has 0 fully saturated rings. The van der Waals surface area contributed by atoms with E-state index in [0.29, 0.717) is 24.9 Å². The molecule has 0 heterocycles. The molecule has 3 aromatic carbocycles. The van der Waals surface area contributed by atoms with Crippen molar-refractivity contribution in [2.45, 2.75) is 26.9 Å². The van der Waals surface area contributed by atoms with Gasteiger partial charge in [-0.2, -0.15) is 0 Å². The van der Waals surface area contributed by atoms with Crippen molar-refractivity contribution in [3.63, 3.8) is 0 Å². The molecular weight excluding hydrogens is 388 g/mol. The highest BCUT2D eigenvalue weighted by Crippen LogP contribution is 2.24. The molecule has 0 aliphatic carbocycles. The number of nitrogens with one attached hydrogen (secondary N) is 2. The summed E-state index contributed by atoms with van der Waals surface area (Å²) in [5.74, 6) is 1.99. The Bertz CT molecular complexity index is 940. The van der Waals surface area contributed by atoms with Gasteiger partial charge in [0.25, 0.3) is 0 Å². The summed E-state index contributed by atoms with van der Waals surface area (Å²) in [6.45, 7) is 5.64. The van der Waals surface area contributed by atoms with Crippen molar-refractivity contribution in [2.24, 2.45) is 5.92 Å². The predicted molar refractivity (Wildman–Crippen MR) is 126 cm³/mol. The second kappa shape index (κ2) is 11.6. The lowest BCUT2D eigenvalue weighted by molar-refractivity contribution is -0.114. The summed E-state index contributed by atoms with van der Waals surface area (Å²) in [6.07, 6.45) is 1.01. The molecule has 3 aromatic rings. The van der Waals surface area contributed by atoms with Gasteiger partial charge < -0.3 is 20.1 Å². The molecule has 0 aliphatic rings. The number of ether oxygens (including phenoxy) is 2. The van der Waals surface area contributed by atoms with Crippen LogP contribution in [-0.2, 0) is 11.4 Å². The van der Waals surface area contributed by atoms with Crippen LogP contribution in [0.25, 0.3) is 0 Å². The zero-order valence-corrected chi connectivity index (χ0v) is 18.1. The molecule has 0 atom stereocenters. The highest BCUT2D eigenvalue weighted by atomic mass is 16.5. The van der Waals surface area contributed by atoms with Crippen LogP contribution in [-0.4, -0.2) is 19.1 Å². The Balaban J connectivity index is 1.47. The molecule has 162 valence electrons. The van der Waals surface area contributed by atoms with Crippen molar-refractivity contribution in [2.75, 3.05) is 23.8 Å². The number of benzene rings is 3. The molecule has 0 aliphatic heterocycles. The predicted octanol–water partition coefficient (Wildman–Crippen LogP) is 5.74. The first-order chi connectivity index (χ1) is 15.1. The third-order valence-corrected chi connectivity index (χ3v) is 4.67. The van der Waals surface area contributed by atoms with E-state index in [1.807, 2.05) is 78.9 Å². The average molecular weight is 419 g/mol. The van der Waals surface area contributed by atoms with Gasteiger partial charge in [0.1, 0.15) is 18.1 Å². The maximum absolute atomic E-state index is 12.4. The molecule has 0 unspecified atom stereocenters. The minimum atomic E-state index is -0.133. The standard InChI is InChI=1S/C26H30N2O3/c1-20(2)16-17-30-23-14-12-22(13-15-23)28-26(29)18-27-24-10-6-7-11-25(24)31-19-21-8-4-3-5-9-21/h3-15,20,27H,16-19H2,1-2H3,(H,28,29). The summed E-state index contributed by atoms with van der Waals surface area (Å²) in [5.41, 5.74) is 2.60. The molecule has 2 N–H and O–H groups in total. The van der Waals surface area contributed by atoms with Crippen molar-refractivity contribution in [3.8, 4) is 11.5 Å². The zero-order chi connectivity index (χ0) is 21.9. The number of rotatable bonds is 11. The van der Waals surface area contributed by atoms with E-state index in [1.165, 1.54) is 0 Å². The quantitative estimate of drug-likeness (QED) is 0.417. The van der Waals surface area contributed by atoms with Crippen LogP contribution in [0.3, 0.4) is 0 Å². The first kappa shape index (κ1) is 22.2. The average Bonchev–Trinajstić information content (AvgIpc) is 2.78. The molecule has 0 bridgehead atoms. The third kappa shape index (κ3) is 7.70. The van der Waals surface area contributed by atoms with E-state index in [9.17, 15) is 4.79 Å². The summed E-state index contributed by atoms with van der Waals surface area (Å²) < 4.78 is 11.6. The van der Waals surface area contributed by atoms with Crippen molar-refractivity contribution in [3.05, 3.63) is 84.4 Å². The number of anilines is 2. The fraction of sp³-hybridized carbons (Fsp3) is 0.269. The maximum atomic E-state index is 12.4. The molecular formula is C26H30N2O3. The molecule has 0 saturated heterocycles. The number of para-hydroxylation sites is 2. The Hall–Kier alpha value is -3.47. The monoisotopic (exact) mass is 418 g/mol. The molecule has 3 rings (SSSR count). The summed E-state index contributed by atoms with van der Waals surface area (Å²) in [6, 6.07) is 25.0. The van der Waals surface area contributed by atoms with Gasteiger partial charge in [0.2, 0.25) is 5.91 Å². The van der Waals surface area contributed by atoms with E-state index in [0.717, 1.165) is 29.1 Å². The van der Waals surface area contributed by atoms with Crippen molar-refractivity contribution < 1.29 is 14.3 Å². The van der Waals surface area contributed by atoms with Crippen LogP contribution >= 0.6 is 0 Å². The summed E-state index contributed by atoms with van der Waals surface area (Å²) in [4.78, 5) is 12.4. The van der Waals surface area contributed by atoms with Gasteiger partial charge in [-0.05, 0) is 54.3 Å². The topological polar surface area (TPSA) is 59.6 Å². The molecule has 31 heavy (non-hydrogen) atoms. The van der Waals surface area contributed by atoms with Gasteiger partial charge in [-0.3, -0.25) is 4.79 Å². The van der Waals surface area contributed by atoms with Gasteiger partial charge in [-0.1, -0.05) is 56.3 Å². The Morgan fingerprint density at radius 1 is 0.871 bits per heavy atom. The Labute approximate surface area is 184 Å². The van der Waals surface area contributed by atoms with E-state index < -0.39 is 0 Å². The van der Waals surface area contributed by atoms with Gasteiger partial charge in [0.05, 0.1) is 18.8 Å². The maximum Gasteiger partial charge on any atom is 0.243 e. The first-order valence-corrected chi connectivity index (χ1v) is 10.6. The molecule has 0 radical (unpaired) electrons. The highest BCUT2D eigenvalue weighted by Gasteiger charge is 2.07. The second-order valence-corrected chi connectivity index (χ2v) is 7.73. The lowest BCUT2D eigenvalue weighted by Gasteiger charge is -2.13. The number of carbonyl (C=O) groups excluding carboxylic acids is 1. The third-order valence-electron chi connectivity index (χ3n) is 4.67. The molecule has 5 nitrogen and oxygen atoms in total. The largest absolute Gasteiger partial charge is 0.494 e. The van der Waals surface area contributed by atoms with E-state index in [2.05, 4.69) is 24.5 Å². The van der Waals surface area contributed by atoms with E-state index in [1.54, 1.807) is 0 Å². The number of amides is 1.